The molecule has 9 nitrogen and oxygen atoms in total. The Hall–Kier alpha value is -3.62. The standard InChI is InChI=1S/C21H24N2O7/c1-14(24)13-17(25)10-7-15-5-8-16(9-6-15)22-18(26)3-2-4-21(29)30-23-19(27)11-12-20(23)28/h5-6,8-9,11-12,27-28H,2-4,7,10,13H2,1H3,(H,22,26). The Morgan fingerprint density at radius 2 is 1.57 bits per heavy atom. The van der Waals surface area contributed by atoms with Gasteiger partial charge in [0.25, 0.3) is 0 Å². The van der Waals surface area contributed by atoms with Crippen LogP contribution in [0.4, 0.5) is 5.69 Å². The van der Waals surface area contributed by atoms with Gasteiger partial charge in [0.15, 0.2) is 0 Å². The summed E-state index contributed by atoms with van der Waals surface area (Å²) >= 11 is 0. The molecule has 0 atom stereocenters. The fourth-order valence-electron chi connectivity index (χ4n) is 2.66. The number of aromatic hydroxyl groups is 2. The molecule has 0 aliphatic heterocycles. The highest BCUT2D eigenvalue weighted by Gasteiger charge is 2.13. The minimum atomic E-state index is -0.701. The largest absolute Gasteiger partial charge is 0.492 e. The van der Waals surface area contributed by atoms with E-state index in [1.165, 1.54) is 19.1 Å². The molecule has 0 saturated carbocycles. The zero-order valence-corrected chi connectivity index (χ0v) is 16.6. The first-order valence-corrected chi connectivity index (χ1v) is 9.45. The third-order valence-corrected chi connectivity index (χ3v) is 4.15. The number of aromatic nitrogens is 1. The average Bonchev–Trinajstić information content (AvgIpc) is 2.99. The maximum Gasteiger partial charge on any atom is 0.333 e. The molecule has 3 N–H and O–H groups in total. The van der Waals surface area contributed by atoms with Crippen LogP contribution < -0.4 is 10.2 Å². The van der Waals surface area contributed by atoms with E-state index < -0.39 is 17.7 Å². The number of aryl methyl sites for hydroxylation is 1. The molecule has 30 heavy (non-hydrogen) atoms. The molecule has 9 heteroatoms. The van der Waals surface area contributed by atoms with Crippen molar-refractivity contribution in [2.75, 3.05) is 5.32 Å². The fourth-order valence-corrected chi connectivity index (χ4v) is 2.66. The fraction of sp³-hybridized carbons (Fsp3) is 0.333. The first kappa shape index (κ1) is 22.7. The molecule has 0 spiro atoms. The topological polar surface area (TPSA) is 135 Å². The second kappa shape index (κ2) is 10.8. The molecular formula is C21H24N2O7. The molecule has 2 rings (SSSR count). The summed E-state index contributed by atoms with van der Waals surface area (Å²) in [5.74, 6) is -2.05. The third kappa shape index (κ3) is 7.42. The molecule has 0 aliphatic carbocycles. The number of benzene rings is 1. The summed E-state index contributed by atoms with van der Waals surface area (Å²) in [7, 11) is 0. The lowest BCUT2D eigenvalue weighted by Crippen LogP contribution is -2.19. The van der Waals surface area contributed by atoms with Crippen molar-refractivity contribution in [3.05, 3.63) is 42.0 Å². The number of carbonyl (C=O) groups is 4. The predicted octanol–water partition coefficient (Wildman–Crippen LogP) is 2.14. The number of amides is 1. The van der Waals surface area contributed by atoms with Gasteiger partial charge in [-0.15, -0.1) is 4.73 Å². The molecule has 1 aromatic heterocycles. The van der Waals surface area contributed by atoms with Crippen LogP contribution in [0.25, 0.3) is 0 Å². The number of carbonyl (C=O) groups excluding carboxylic acids is 4. The van der Waals surface area contributed by atoms with Gasteiger partial charge in [0.05, 0.1) is 6.42 Å². The Kier molecular flexibility index (Phi) is 8.16. The lowest BCUT2D eigenvalue weighted by molar-refractivity contribution is -0.145. The van der Waals surface area contributed by atoms with Gasteiger partial charge in [-0.2, -0.15) is 0 Å². The molecule has 160 valence electrons. The molecule has 1 amide bonds. The summed E-state index contributed by atoms with van der Waals surface area (Å²) in [6.45, 7) is 1.39. The van der Waals surface area contributed by atoms with E-state index in [-0.39, 0.29) is 43.2 Å². The maximum absolute atomic E-state index is 12.0. The normalized spacial score (nSPS) is 10.4. The van der Waals surface area contributed by atoms with Gasteiger partial charge in [-0.25, -0.2) is 4.79 Å². The number of nitrogens with zero attached hydrogens (tertiary/aromatic N) is 1. The molecule has 0 fully saturated rings. The summed E-state index contributed by atoms with van der Waals surface area (Å²) in [6.07, 6.45) is 1.01. The van der Waals surface area contributed by atoms with Gasteiger partial charge in [-0.05, 0) is 37.5 Å². The lowest BCUT2D eigenvalue weighted by atomic mass is 10.0. The van der Waals surface area contributed by atoms with Crippen molar-refractivity contribution in [2.24, 2.45) is 0 Å². The van der Waals surface area contributed by atoms with Crippen molar-refractivity contribution in [2.45, 2.75) is 45.4 Å². The molecule has 0 bridgehead atoms. The highest BCUT2D eigenvalue weighted by Crippen LogP contribution is 2.19. The van der Waals surface area contributed by atoms with Gasteiger partial charge < -0.3 is 20.4 Å². The van der Waals surface area contributed by atoms with Crippen LogP contribution >= 0.6 is 0 Å². The smallest absolute Gasteiger partial charge is 0.333 e. The van der Waals surface area contributed by atoms with Gasteiger partial charge in [0.2, 0.25) is 17.7 Å². The number of Topliss-reactive ketones (excluding diaryl/α,β-unsaturated/α-hetero) is 2. The zero-order chi connectivity index (χ0) is 22.1. The molecule has 1 aromatic carbocycles. The van der Waals surface area contributed by atoms with Crippen LogP contribution in [0, 0.1) is 0 Å². The molecular weight excluding hydrogens is 392 g/mol. The Morgan fingerprint density at radius 1 is 0.933 bits per heavy atom. The second-order valence-electron chi connectivity index (χ2n) is 6.82. The summed E-state index contributed by atoms with van der Waals surface area (Å²) in [5, 5.41) is 21.5. The molecule has 0 aliphatic rings. The SMILES string of the molecule is CC(=O)CC(=O)CCc1ccc(NC(=O)CCCC(=O)On2c(O)ccc2O)cc1. The Labute approximate surface area is 173 Å². The summed E-state index contributed by atoms with van der Waals surface area (Å²) in [4.78, 5) is 51.0. The quantitative estimate of drug-likeness (QED) is 0.478. The first-order valence-electron chi connectivity index (χ1n) is 9.45. The van der Waals surface area contributed by atoms with Crippen molar-refractivity contribution in [3.8, 4) is 11.8 Å². The van der Waals surface area contributed by atoms with Gasteiger partial charge in [-0.3, -0.25) is 14.4 Å². The van der Waals surface area contributed by atoms with Crippen molar-refractivity contribution < 1.29 is 34.2 Å². The Bertz CT molecular complexity index is 896. The van der Waals surface area contributed by atoms with Gasteiger partial charge >= 0.3 is 5.97 Å². The summed E-state index contributed by atoms with van der Waals surface area (Å²) < 4.78 is 0.595. The van der Waals surface area contributed by atoms with E-state index in [0.717, 1.165) is 5.56 Å². The number of anilines is 1. The number of hydrogen-bond acceptors (Lipinski definition) is 7. The minimum absolute atomic E-state index is 0.0462. The molecule has 0 unspecified atom stereocenters. The highest BCUT2D eigenvalue weighted by atomic mass is 16.7. The van der Waals surface area contributed by atoms with E-state index in [2.05, 4.69) is 5.32 Å². The van der Waals surface area contributed by atoms with Crippen molar-refractivity contribution in [1.29, 1.82) is 0 Å². The van der Waals surface area contributed by atoms with Crippen molar-refractivity contribution in [1.82, 2.24) is 4.73 Å². The summed E-state index contributed by atoms with van der Waals surface area (Å²) in [5.41, 5.74) is 1.51. The van der Waals surface area contributed by atoms with Crippen LogP contribution in [0.2, 0.25) is 0 Å². The molecule has 2 aromatic rings. The van der Waals surface area contributed by atoms with Crippen LogP contribution in [0.1, 0.15) is 44.6 Å². The van der Waals surface area contributed by atoms with Gasteiger partial charge in [-0.1, -0.05) is 12.1 Å². The first-order chi connectivity index (χ1) is 14.2. The highest BCUT2D eigenvalue weighted by molar-refractivity contribution is 5.98. The Balaban J connectivity index is 1.70. The maximum atomic E-state index is 12.0. The van der Waals surface area contributed by atoms with E-state index >= 15 is 0 Å². The number of ketones is 2. The van der Waals surface area contributed by atoms with E-state index in [0.29, 0.717) is 23.3 Å². The second-order valence-corrected chi connectivity index (χ2v) is 6.82. The monoisotopic (exact) mass is 416 g/mol. The third-order valence-electron chi connectivity index (χ3n) is 4.15. The lowest BCUT2D eigenvalue weighted by Gasteiger charge is -2.08. The average molecular weight is 416 g/mol. The van der Waals surface area contributed by atoms with Crippen LogP contribution in [0.15, 0.2) is 36.4 Å². The Morgan fingerprint density at radius 3 is 2.17 bits per heavy atom. The summed E-state index contributed by atoms with van der Waals surface area (Å²) in [6, 6.07) is 9.37. The van der Waals surface area contributed by atoms with Crippen LogP contribution in [0.5, 0.6) is 11.8 Å². The minimum Gasteiger partial charge on any atom is -0.492 e. The van der Waals surface area contributed by atoms with Crippen molar-refractivity contribution >= 4 is 29.1 Å². The van der Waals surface area contributed by atoms with Crippen LogP contribution in [-0.4, -0.2) is 38.4 Å². The van der Waals surface area contributed by atoms with Crippen LogP contribution in [0.3, 0.4) is 0 Å². The van der Waals surface area contributed by atoms with Gasteiger partial charge in [0.1, 0.15) is 11.6 Å². The molecule has 0 radical (unpaired) electrons. The number of rotatable bonds is 11. The molecule has 1 heterocycles. The van der Waals surface area contributed by atoms with Crippen molar-refractivity contribution in [3.63, 3.8) is 0 Å². The predicted molar refractivity (Wildman–Crippen MR) is 107 cm³/mol. The van der Waals surface area contributed by atoms with Crippen LogP contribution in [-0.2, 0) is 25.6 Å². The van der Waals surface area contributed by atoms with Gasteiger partial charge in [0, 0.05) is 37.1 Å². The van der Waals surface area contributed by atoms with E-state index in [4.69, 9.17) is 4.84 Å². The van der Waals surface area contributed by atoms with E-state index in [1.807, 2.05) is 0 Å². The molecule has 0 saturated heterocycles. The number of hydrogen-bond donors (Lipinski definition) is 3. The zero-order valence-electron chi connectivity index (χ0n) is 16.6. The number of nitrogens with one attached hydrogen (secondary N) is 1. The van der Waals surface area contributed by atoms with E-state index in [1.54, 1.807) is 24.3 Å². The van der Waals surface area contributed by atoms with E-state index in [9.17, 15) is 29.4 Å².